The summed E-state index contributed by atoms with van der Waals surface area (Å²) in [6.07, 6.45) is -13.1. The molecule has 4 rings (SSSR count). The van der Waals surface area contributed by atoms with E-state index >= 15 is 0 Å². The second kappa shape index (κ2) is 14.9. The second-order valence-electron chi connectivity index (χ2n) is 9.97. The van der Waals surface area contributed by atoms with Crippen LogP contribution in [0.5, 0.6) is 0 Å². The largest absolute Gasteiger partial charge is 0.490 e. The number of aliphatic hydroxyl groups excluding tert-OH is 5. The number of amides is 1. The smallest absolute Gasteiger partial charge is 0.387 e. The quantitative estimate of drug-likeness (QED) is 0.0788. The highest BCUT2D eigenvalue weighted by atomic mass is 31.3. The number of H-pyrrole nitrogens is 1. The number of rotatable bonds is 14. The maximum Gasteiger partial charge on any atom is 0.490 e. The van der Waals surface area contributed by atoms with E-state index in [1.807, 2.05) is 10.3 Å². The van der Waals surface area contributed by atoms with Crippen molar-refractivity contribution in [3.05, 3.63) is 45.4 Å². The molecule has 3 aliphatic rings. The fraction of sp³-hybridized carbons (Fsp3) is 0.611. The molecule has 3 aliphatic heterocycles. The summed E-state index contributed by atoms with van der Waals surface area (Å²) in [6, 6.07) is 0.868. The van der Waals surface area contributed by atoms with Crippen molar-refractivity contribution in [2.24, 2.45) is 0 Å². The van der Waals surface area contributed by atoms with E-state index in [4.69, 9.17) is 9.47 Å². The number of hydrogen-bond acceptors (Lipinski definition) is 20. The first-order valence-electron chi connectivity index (χ1n) is 13.0. The van der Waals surface area contributed by atoms with E-state index in [9.17, 15) is 77.8 Å². The molecule has 31 heteroatoms. The van der Waals surface area contributed by atoms with Crippen molar-refractivity contribution >= 4 is 37.2 Å². The van der Waals surface area contributed by atoms with Crippen molar-refractivity contribution < 1.29 is 99.6 Å². The number of aromatic nitrogens is 2. The standard InChI is InChI=1S/C18H28N4O23P4/c23-9-1-3-21(17(29)19-9)15-13(27)11(25)7(41-15)5-39-46(31,32)43-48(35,36)45-49(37,38)44-47(33,34)40-6-8-12(26)14(28)16(42-8)22-4-2-10(24)20-18(22)30/h1-4,7-8,11-17,25-29H,5-6H2,(H,19,23)(H,31,32)(H,33,34)(H,35,36)(H,37,38)(H,20,24,30)/t7-,8-,11?,12?,13?,14?,15-,16-,17?/m1/s1. The van der Waals surface area contributed by atoms with Gasteiger partial charge in [-0.3, -0.25) is 28.2 Å². The Morgan fingerprint density at radius 1 is 0.714 bits per heavy atom. The van der Waals surface area contributed by atoms with E-state index in [1.165, 1.54) is 0 Å². The summed E-state index contributed by atoms with van der Waals surface area (Å²) in [7, 11) is -24.1. The summed E-state index contributed by atoms with van der Waals surface area (Å²) >= 11 is 0. The van der Waals surface area contributed by atoms with Crippen LogP contribution in [-0.2, 0) is 54.5 Å². The van der Waals surface area contributed by atoms with Gasteiger partial charge in [0.05, 0.1) is 13.2 Å². The van der Waals surface area contributed by atoms with Crippen LogP contribution >= 0.6 is 31.3 Å². The number of phosphoric acid groups is 4. The number of nitrogens with one attached hydrogen (secondary N) is 2. The van der Waals surface area contributed by atoms with Gasteiger partial charge in [0.1, 0.15) is 36.6 Å². The van der Waals surface area contributed by atoms with Gasteiger partial charge in [-0.2, -0.15) is 12.9 Å². The third kappa shape index (κ3) is 10.1. The molecule has 11 N–H and O–H groups in total. The van der Waals surface area contributed by atoms with E-state index < -0.39 is 117 Å². The highest BCUT2D eigenvalue weighted by Crippen LogP contribution is 2.71. The maximum absolute atomic E-state index is 12.2. The highest BCUT2D eigenvalue weighted by molar-refractivity contribution is 7.69. The summed E-state index contributed by atoms with van der Waals surface area (Å²) in [5, 5.41) is 52.7. The predicted octanol–water partition coefficient (Wildman–Crippen LogP) is -4.69. The fourth-order valence-electron chi connectivity index (χ4n) is 4.35. The lowest BCUT2D eigenvalue weighted by Gasteiger charge is -2.35. The Kier molecular flexibility index (Phi) is 12.1. The molecule has 2 saturated heterocycles. The Morgan fingerprint density at radius 3 is 1.67 bits per heavy atom. The maximum atomic E-state index is 12.2. The molecule has 27 nitrogen and oxygen atoms in total. The van der Waals surface area contributed by atoms with Gasteiger partial charge in [-0.15, -0.1) is 0 Å². The summed E-state index contributed by atoms with van der Waals surface area (Å²) in [5.41, 5.74) is -1.88. The van der Waals surface area contributed by atoms with E-state index in [0.717, 1.165) is 29.4 Å². The molecular weight excluding hydrogens is 764 g/mol. The molecule has 0 bridgehead atoms. The molecule has 0 aromatic carbocycles. The Labute approximate surface area is 270 Å². The van der Waals surface area contributed by atoms with Gasteiger partial charge in [-0.1, -0.05) is 0 Å². The van der Waals surface area contributed by atoms with Crippen LogP contribution in [0.1, 0.15) is 6.23 Å². The third-order valence-electron chi connectivity index (χ3n) is 6.47. The number of phosphoric ester groups is 2. The number of carbonyl (C=O) groups is 1. The normalized spacial score (nSPS) is 35.2. The minimum atomic E-state index is -6.23. The molecule has 4 heterocycles. The Balaban J connectivity index is 1.29. The van der Waals surface area contributed by atoms with Crippen molar-refractivity contribution in [2.45, 2.75) is 55.4 Å². The molecular formula is C18H28N4O23P4. The first-order valence-corrected chi connectivity index (χ1v) is 19.0. The second-order valence-corrected chi connectivity index (χ2v) is 16.2. The van der Waals surface area contributed by atoms with Gasteiger partial charge in [0.2, 0.25) is 12.3 Å². The van der Waals surface area contributed by atoms with Crippen LogP contribution < -0.4 is 16.6 Å². The van der Waals surface area contributed by atoms with Crippen LogP contribution in [0, 0.1) is 0 Å². The van der Waals surface area contributed by atoms with Crippen LogP contribution in [-0.4, -0.2) is 128 Å². The summed E-state index contributed by atoms with van der Waals surface area (Å²) < 4.78 is 80.0. The lowest BCUT2D eigenvalue weighted by Crippen LogP contribution is -2.55. The summed E-state index contributed by atoms with van der Waals surface area (Å²) in [4.78, 5) is 76.2. The van der Waals surface area contributed by atoms with Crippen molar-refractivity contribution in [3.63, 3.8) is 0 Å². The van der Waals surface area contributed by atoms with Gasteiger partial charge in [0.25, 0.3) is 5.56 Å². The number of ether oxygens (including phenoxy) is 2. The number of aromatic amines is 1. The van der Waals surface area contributed by atoms with Crippen molar-refractivity contribution in [3.8, 4) is 0 Å². The van der Waals surface area contributed by atoms with E-state index in [2.05, 4.69) is 22.0 Å². The van der Waals surface area contributed by atoms with Gasteiger partial charge in [-0.25, -0.2) is 23.1 Å². The molecule has 0 saturated carbocycles. The van der Waals surface area contributed by atoms with Gasteiger partial charge >= 0.3 is 37.0 Å². The Hall–Kier alpha value is -2.03. The lowest BCUT2D eigenvalue weighted by atomic mass is 10.1. The first-order chi connectivity index (χ1) is 22.5. The number of carbonyl (C=O) groups excluding carboxylic acids is 1. The SMILES string of the molecule is O=C1C=CN([C@@H]2O[C@H](COP(=O)(O)OP(=O)(O)OP(=O)(O)OP(=O)(O)OC[C@H]3O[C@@H](n4ccc(=O)[nH]c4=O)C(O)C3O)C(O)C2O)C(O)N1. The molecule has 0 aliphatic carbocycles. The van der Waals surface area contributed by atoms with Crippen LogP contribution in [0.2, 0.25) is 0 Å². The number of nitrogens with zero attached hydrogens (tertiary/aromatic N) is 2. The average Bonchev–Trinajstić information content (AvgIpc) is 3.38. The van der Waals surface area contributed by atoms with Crippen molar-refractivity contribution in [1.82, 2.24) is 19.8 Å². The zero-order valence-corrected chi connectivity index (χ0v) is 27.4. The highest BCUT2D eigenvalue weighted by Gasteiger charge is 2.50. The van der Waals surface area contributed by atoms with Crippen LogP contribution in [0.3, 0.4) is 0 Å². The van der Waals surface area contributed by atoms with E-state index in [0.29, 0.717) is 4.57 Å². The van der Waals surface area contributed by atoms with Gasteiger partial charge in [0, 0.05) is 24.5 Å². The minimum absolute atomic E-state index is 0.645. The molecule has 13 atom stereocenters. The molecule has 0 radical (unpaired) electrons. The number of hydrogen-bond donors (Lipinski definition) is 11. The molecule has 9 unspecified atom stereocenters. The predicted molar refractivity (Wildman–Crippen MR) is 148 cm³/mol. The van der Waals surface area contributed by atoms with Crippen molar-refractivity contribution in [1.29, 1.82) is 0 Å². The molecule has 0 spiro atoms. The van der Waals surface area contributed by atoms with Gasteiger partial charge in [0.15, 0.2) is 12.5 Å². The Morgan fingerprint density at radius 2 is 1.18 bits per heavy atom. The monoisotopic (exact) mass is 792 g/mol. The van der Waals surface area contributed by atoms with E-state index in [1.54, 1.807) is 0 Å². The summed E-state index contributed by atoms with van der Waals surface area (Å²) in [5.74, 6) is -0.713. The van der Waals surface area contributed by atoms with Crippen LogP contribution in [0.4, 0.5) is 0 Å². The molecule has 1 aromatic heterocycles. The molecule has 2 fully saturated rings. The molecule has 1 amide bonds. The Bertz CT molecular complexity index is 1740. The van der Waals surface area contributed by atoms with Crippen molar-refractivity contribution in [2.75, 3.05) is 13.2 Å². The molecule has 49 heavy (non-hydrogen) atoms. The van der Waals surface area contributed by atoms with Crippen LogP contribution in [0.15, 0.2) is 34.1 Å². The zero-order chi connectivity index (χ0) is 36.7. The third-order valence-corrected chi connectivity index (χ3v) is 12.4. The number of aliphatic hydroxyl groups is 5. The first kappa shape index (κ1) is 39.8. The molecule has 278 valence electrons. The zero-order valence-electron chi connectivity index (χ0n) is 23.8. The van der Waals surface area contributed by atoms with E-state index in [-0.39, 0.29) is 0 Å². The topological polar surface area (TPSA) is 402 Å². The molecule has 1 aromatic rings. The minimum Gasteiger partial charge on any atom is -0.387 e. The van der Waals surface area contributed by atoms with Crippen LogP contribution in [0.25, 0.3) is 0 Å². The van der Waals surface area contributed by atoms with Gasteiger partial charge in [-0.05, 0) is 0 Å². The average molecular weight is 792 g/mol. The lowest BCUT2D eigenvalue weighted by molar-refractivity contribution is -0.152. The van der Waals surface area contributed by atoms with Gasteiger partial charge < -0.3 is 64.8 Å². The summed E-state index contributed by atoms with van der Waals surface area (Å²) in [6.45, 7) is -2.39. The fourth-order valence-corrected chi connectivity index (χ4v) is 9.30.